The van der Waals surface area contributed by atoms with Gasteiger partial charge in [-0.25, -0.2) is 4.39 Å². The number of ether oxygens (including phenoxy) is 2. The number of hydrogen-bond acceptors (Lipinski definition) is 4. The van der Waals surface area contributed by atoms with Crippen LogP contribution in [0.4, 0.5) is 24.5 Å². The van der Waals surface area contributed by atoms with Crippen molar-refractivity contribution in [2.45, 2.75) is 26.5 Å². The molecule has 1 aromatic carbocycles. The second kappa shape index (κ2) is 7.23. The molecular formula is C13H19F3N2O2. The molecule has 0 saturated carbocycles. The van der Waals surface area contributed by atoms with Crippen LogP contribution in [0.1, 0.15) is 13.8 Å². The molecule has 1 atom stereocenters. The smallest absolute Gasteiger partial charge is 0.387 e. The van der Waals surface area contributed by atoms with Crippen LogP contribution < -0.4 is 15.4 Å². The molecule has 0 amide bonds. The van der Waals surface area contributed by atoms with E-state index in [4.69, 9.17) is 10.5 Å². The number of nitrogens with two attached hydrogens (primary N) is 1. The van der Waals surface area contributed by atoms with Gasteiger partial charge in [-0.1, -0.05) is 0 Å². The molecular weight excluding hydrogens is 273 g/mol. The molecule has 0 saturated heterocycles. The predicted molar refractivity (Wildman–Crippen MR) is 71.8 cm³/mol. The van der Waals surface area contributed by atoms with Gasteiger partial charge in [-0.2, -0.15) is 8.78 Å². The van der Waals surface area contributed by atoms with Gasteiger partial charge in [0.25, 0.3) is 0 Å². The topological polar surface area (TPSA) is 47.7 Å². The zero-order valence-corrected chi connectivity index (χ0v) is 11.7. The first kappa shape index (κ1) is 16.4. The van der Waals surface area contributed by atoms with Crippen LogP contribution in [-0.2, 0) is 4.74 Å². The summed E-state index contributed by atoms with van der Waals surface area (Å²) in [5.41, 5.74) is 6.37. The lowest BCUT2D eigenvalue weighted by Gasteiger charge is -2.31. The molecule has 114 valence electrons. The first-order valence-electron chi connectivity index (χ1n) is 6.20. The molecule has 2 N–H and O–H groups in total. The highest BCUT2D eigenvalue weighted by Crippen LogP contribution is 2.33. The quantitative estimate of drug-likeness (QED) is 0.785. The minimum atomic E-state index is -3.09. The van der Waals surface area contributed by atoms with Crippen molar-refractivity contribution >= 4 is 11.4 Å². The van der Waals surface area contributed by atoms with Crippen molar-refractivity contribution in [2.24, 2.45) is 0 Å². The Morgan fingerprint density at radius 2 is 2.00 bits per heavy atom. The van der Waals surface area contributed by atoms with Gasteiger partial charge in [0.2, 0.25) is 0 Å². The summed E-state index contributed by atoms with van der Waals surface area (Å²) in [7, 11) is 1.56. The Morgan fingerprint density at radius 1 is 1.35 bits per heavy atom. The van der Waals surface area contributed by atoms with Gasteiger partial charge in [0, 0.05) is 31.8 Å². The number of methoxy groups -OCH3 is 1. The summed E-state index contributed by atoms with van der Waals surface area (Å²) in [6.45, 7) is 1.67. The Morgan fingerprint density at radius 3 is 2.50 bits per heavy atom. The van der Waals surface area contributed by atoms with Gasteiger partial charge in [-0.15, -0.1) is 0 Å². The number of nitrogens with zero attached hydrogens (tertiary/aromatic N) is 1. The minimum Gasteiger partial charge on any atom is -0.432 e. The van der Waals surface area contributed by atoms with Crippen molar-refractivity contribution in [2.75, 3.05) is 30.9 Å². The van der Waals surface area contributed by atoms with E-state index in [0.29, 0.717) is 18.8 Å². The van der Waals surface area contributed by atoms with Gasteiger partial charge in [-0.05, 0) is 13.8 Å². The molecule has 0 aliphatic heterocycles. The molecule has 1 aromatic rings. The third kappa shape index (κ3) is 3.93. The normalized spacial score (nSPS) is 12.6. The predicted octanol–water partition coefficient (Wildman–Crippen LogP) is 2.87. The summed E-state index contributed by atoms with van der Waals surface area (Å²) in [5, 5.41) is 0. The van der Waals surface area contributed by atoms with Gasteiger partial charge < -0.3 is 20.1 Å². The van der Waals surface area contributed by atoms with E-state index < -0.39 is 18.2 Å². The monoisotopic (exact) mass is 292 g/mol. The molecule has 7 heteroatoms. The molecule has 0 fully saturated rings. The van der Waals surface area contributed by atoms with Crippen LogP contribution in [0.3, 0.4) is 0 Å². The molecule has 1 rings (SSSR count). The zero-order chi connectivity index (χ0) is 15.3. The molecule has 0 bridgehead atoms. The van der Waals surface area contributed by atoms with Crippen molar-refractivity contribution < 1.29 is 22.6 Å². The van der Waals surface area contributed by atoms with Gasteiger partial charge in [-0.3, -0.25) is 0 Å². The number of halogens is 3. The summed E-state index contributed by atoms with van der Waals surface area (Å²) >= 11 is 0. The molecule has 4 nitrogen and oxygen atoms in total. The van der Waals surface area contributed by atoms with E-state index in [-0.39, 0.29) is 11.7 Å². The van der Waals surface area contributed by atoms with Gasteiger partial charge in [0.05, 0.1) is 18.0 Å². The van der Waals surface area contributed by atoms with E-state index in [2.05, 4.69) is 4.74 Å². The largest absolute Gasteiger partial charge is 0.432 e. The van der Waals surface area contributed by atoms with Gasteiger partial charge in [0.15, 0.2) is 11.6 Å². The molecule has 0 spiro atoms. The Bertz CT molecular complexity index is 444. The van der Waals surface area contributed by atoms with E-state index in [0.717, 1.165) is 6.07 Å². The number of anilines is 2. The average molecular weight is 292 g/mol. The highest BCUT2D eigenvalue weighted by Gasteiger charge is 2.19. The van der Waals surface area contributed by atoms with Crippen molar-refractivity contribution in [3.8, 4) is 5.75 Å². The molecule has 0 radical (unpaired) electrons. The van der Waals surface area contributed by atoms with Gasteiger partial charge in [0.1, 0.15) is 0 Å². The number of benzene rings is 1. The first-order chi connectivity index (χ1) is 9.40. The van der Waals surface area contributed by atoms with Crippen molar-refractivity contribution in [1.29, 1.82) is 0 Å². The van der Waals surface area contributed by atoms with Crippen molar-refractivity contribution in [1.82, 2.24) is 0 Å². The average Bonchev–Trinajstić information content (AvgIpc) is 2.35. The second-order valence-corrected chi connectivity index (χ2v) is 4.31. The lowest BCUT2D eigenvalue weighted by atomic mass is 10.2. The van der Waals surface area contributed by atoms with E-state index in [1.165, 1.54) is 6.07 Å². The molecule has 0 aliphatic rings. The van der Waals surface area contributed by atoms with Crippen LogP contribution in [0.15, 0.2) is 12.1 Å². The van der Waals surface area contributed by atoms with E-state index >= 15 is 0 Å². The lowest BCUT2D eigenvalue weighted by molar-refractivity contribution is -0.0521. The molecule has 0 heterocycles. The fourth-order valence-electron chi connectivity index (χ4n) is 2.04. The maximum atomic E-state index is 13.5. The summed E-state index contributed by atoms with van der Waals surface area (Å²) in [5.74, 6) is -1.44. The third-order valence-corrected chi connectivity index (χ3v) is 2.89. The number of hydrogen-bond donors (Lipinski definition) is 1. The fraction of sp³-hybridized carbons (Fsp3) is 0.538. The number of nitrogen functional groups attached to an aromatic ring is 1. The van der Waals surface area contributed by atoms with Gasteiger partial charge >= 0.3 is 6.61 Å². The lowest BCUT2D eigenvalue weighted by Crippen LogP contribution is -2.36. The highest BCUT2D eigenvalue weighted by atomic mass is 19.3. The van der Waals surface area contributed by atoms with Crippen molar-refractivity contribution in [3.63, 3.8) is 0 Å². The first-order valence-corrected chi connectivity index (χ1v) is 6.20. The fourth-order valence-corrected chi connectivity index (χ4v) is 2.04. The number of alkyl halides is 2. The summed E-state index contributed by atoms with van der Waals surface area (Å²) in [6, 6.07) is 2.12. The SMILES string of the molecule is CCN(c1cc(OC(F)F)c(F)cc1N)C(C)COC. The summed E-state index contributed by atoms with van der Waals surface area (Å²) in [6.07, 6.45) is 0. The highest BCUT2D eigenvalue weighted by molar-refractivity contribution is 5.70. The van der Waals surface area contributed by atoms with Crippen LogP contribution in [-0.4, -0.2) is 32.9 Å². The standard InChI is InChI=1S/C13H19F3N2O2/c1-4-18(8(2)7-19-3)11-6-12(20-13(15)16)9(14)5-10(11)17/h5-6,8,13H,4,7,17H2,1-3H3. The molecule has 0 aromatic heterocycles. The Balaban J connectivity index is 3.14. The van der Waals surface area contributed by atoms with Crippen molar-refractivity contribution in [3.05, 3.63) is 17.9 Å². The van der Waals surface area contributed by atoms with E-state index in [1.54, 1.807) is 7.11 Å². The maximum absolute atomic E-state index is 13.5. The Kier molecular flexibility index (Phi) is 5.94. The van der Waals surface area contributed by atoms with Crippen LogP contribution in [0, 0.1) is 5.82 Å². The molecule has 1 unspecified atom stereocenters. The Hall–Kier alpha value is -1.63. The molecule has 20 heavy (non-hydrogen) atoms. The molecule has 0 aliphatic carbocycles. The Labute approximate surface area is 116 Å². The van der Waals surface area contributed by atoms with Crippen LogP contribution in [0.5, 0.6) is 5.75 Å². The number of rotatable bonds is 7. The summed E-state index contributed by atoms with van der Waals surface area (Å²) < 4.78 is 47.2. The van der Waals surface area contributed by atoms with E-state index in [1.807, 2.05) is 18.7 Å². The zero-order valence-electron chi connectivity index (χ0n) is 11.7. The van der Waals surface area contributed by atoms with Crippen LogP contribution >= 0.6 is 0 Å². The third-order valence-electron chi connectivity index (χ3n) is 2.89. The maximum Gasteiger partial charge on any atom is 0.387 e. The van der Waals surface area contributed by atoms with Crippen LogP contribution in [0.2, 0.25) is 0 Å². The summed E-state index contributed by atoms with van der Waals surface area (Å²) in [4.78, 5) is 1.83. The number of likely N-dealkylation sites (N-methyl/N-ethyl adjacent to an activating group) is 1. The van der Waals surface area contributed by atoms with E-state index in [9.17, 15) is 13.2 Å². The van der Waals surface area contributed by atoms with Crippen LogP contribution in [0.25, 0.3) is 0 Å². The second-order valence-electron chi connectivity index (χ2n) is 4.31. The minimum absolute atomic E-state index is 0.0443.